The van der Waals surface area contributed by atoms with Gasteiger partial charge in [-0.25, -0.2) is 0 Å². The zero-order valence-electron chi connectivity index (χ0n) is 7.79. The van der Waals surface area contributed by atoms with Crippen molar-refractivity contribution in [2.75, 3.05) is 0 Å². The molecule has 0 unspecified atom stereocenters. The van der Waals surface area contributed by atoms with E-state index in [0.29, 0.717) is 5.92 Å². The van der Waals surface area contributed by atoms with Crippen LogP contribution in [0.5, 0.6) is 0 Å². The van der Waals surface area contributed by atoms with Gasteiger partial charge in [-0.2, -0.15) is 0 Å². The average molecular weight is 175 g/mol. The number of carbonyl (C=O) groups is 1. The van der Waals surface area contributed by atoms with Gasteiger partial charge in [0.2, 0.25) is 0 Å². The van der Waals surface area contributed by atoms with Gasteiger partial charge in [0.15, 0.2) is 6.29 Å². The fourth-order valence-electron chi connectivity index (χ4n) is 1.65. The summed E-state index contributed by atoms with van der Waals surface area (Å²) < 4.78 is 0. The molecule has 1 aliphatic carbocycles. The van der Waals surface area contributed by atoms with Crippen molar-refractivity contribution in [3.05, 3.63) is 29.1 Å². The largest absolute Gasteiger partial charge is 0.298 e. The highest BCUT2D eigenvalue weighted by atomic mass is 16.1. The van der Waals surface area contributed by atoms with Gasteiger partial charge in [-0.3, -0.25) is 9.78 Å². The van der Waals surface area contributed by atoms with Crippen molar-refractivity contribution in [3.63, 3.8) is 0 Å². The number of aromatic nitrogens is 1. The van der Waals surface area contributed by atoms with Crippen molar-refractivity contribution in [2.45, 2.75) is 32.1 Å². The molecule has 1 aromatic rings. The summed E-state index contributed by atoms with van der Waals surface area (Å²) in [4.78, 5) is 14.9. The molecule has 1 aromatic heterocycles. The van der Waals surface area contributed by atoms with Crippen molar-refractivity contribution in [3.8, 4) is 0 Å². The summed E-state index contributed by atoms with van der Waals surface area (Å²) in [7, 11) is 0. The second kappa shape index (κ2) is 3.29. The molecule has 1 saturated carbocycles. The molecule has 2 rings (SSSR count). The molecule has 0 bridgehead atoms. The van der Waals surface area contributed by atoms with E-state index in [0.717, 1.165) is 17.5 Å². The van der Waals surface area contributed by atoms with E-state index < -0.39 is 0 Å². The zero-order chi connectivity index (χ0) is 9.26. The van der Waals surface area contributed by atoms with Gasteiger partial charge in [0.25, 0.3) is 0 Å². The average Bonchev–Trinajstić information content (AvgIpc) is 2.05. The van der Waals surface area contributed by atoms with Gasteiger partial charge in [0, 0.05) is 17.5 Å². The molecule has 0 spiro atoms. The van der Waals surface area contributed by atoms with Crippen molar-refractivity contribution in [1.29, 1.82) is 0 Å². The maximum Gasteiger partial charge on any atom is 0.151 e. The normalized spacial score (nSPS) is 16.7. The number of carbonyl (C=O) groups excluding carboxylic acids is 1. The Balaban J connectivity index is 2.31. The summed E-state index contributed by atoms with van der Waals surface area (Å²) >= 11 is 0. The molecule has 0 saturated heterocycles. The van der Waals surface area contributed by atoms with Gasteiger partial charge in [-0.05, 0) is 37.3 Å². The highest BCUT2D eigenvalue weighted by Gasteiger charge is 2.20. The van der Waals surface area contributed by atoms with Gasteiger partial charge in [0.05, 0.1) is 0 Å². The van der Waals surface area contributed by atoms with Crippen LogP contribution in [0.2, 0.25) is 0 Å². The summed E-state index contributed by atoms with van der Waals surface area (Å²) in [5.74, 6) is 0.659. The zero-order valence-corrected chi connectivity index (χ0v) is 7.79. The Morgan fingerprint density at radius 1 is 1.54 bits per heavy atom. The quantitative estimate of drug-likeness (QED) is 0.646. The van der Waals surface area contributed by atoms with Crippen LogP contribution < -0.4 is 0 Å². The highest BCUT2D eigenvalue weighted by molar-refractivity contribution is 5.76. The molecule has 2 heteroatoms. The van der Waals surface area contributed by atoms with E-state index in [1.807, 2.05) is 19.2 Å². The lowest BCUT2D eigenvalue weighted by atomic mass is 9.80. The summed E-state index contributed by atoms with van der Waals surface area (Å²) in [6, 6.07) is 1.99. The first-order chi connectivity index (χ1) is 6.31. The Bertz CT molecular complexity index is 329. The minimum atomic E-state index is 0.659. The minimum absolute atomic E-state index is 0.659. The van der Waals surface area contributed by atoms with Crippen LogP contribution in [0.3, 0.4) is 0 Å². The number of pyridine rings is 1. The molecule has 0 radical (unpaired) electrons. The maximum atomic E-state index is 10.7. The predicted molar refractivity (Wildman–Crippen MR) is 51.0 cm³/mol. The summed E-state index contributed by atoms with van der Waals surface area (Å²) in [5.41, 5.74) is 2.81. The third-order valence-electron chi connectivity index (χ3n) is 2.85. The number of rotatable bonds is 2. The number of nitrogens with zero attached hydrogens (tertiary/aromatic N) is 1. The van der Waals surface area contributed by atoms with E-state index in [4.69, 9.17) is 0 Å². The summed E-state index contributed by atoms with van der Waals surface area (Å²) in [6.45, 7) is 1.87. The van der Waals surface area contributed by atoms with E-state index in [-0.39, 0.29) is 0 Å². The van der Waals surface area contributed by atoms with Gasteiger partial charge in [0.1, 0.15) is 0 Å². The molecular formula is C11H13NO. The van der Waals surface area contributed by atoms with E-state index in [2.05, 4.69) is 4.98 Å². The Hall–Kier alpha value is -1.18. The van der Waals surface area contributed by atoms with Crippen LogP contribution in [-0.2, 0) is 0 Å². The smallest absolute Gasteiger partial charge is 0.151 e. The molecule has 68 valence electrons. The van der Waals surface area contributed by atoms with Crippen LogP contribution >= 0.6 is 0 Å². The van der Waals surface area contributed by atoms with Gasteiger partial charge in [-0.15, -0.1) is 0 Å². The van der Waals surface area contributed by atoms with Crippen molar-refractivity contribution in [2.24, 2.45) is 0 Å². The summed E-state index contributed by atoms with van der Waals surface area (Å²) in [6.07, 6.45) is 6.62. The van der Waals surface area contributed by atoms with Crippen molar-refractivity contribution >= 4 is 6.29 Å². The molecule has 1 fully saturated rings. The SMILES string of the molecule is Cc1ncc(C2CCC2)cc1C=O. The molecule has 0 N–H and O–H groups in total. The Morgan fingerprint density at radius 3 is 2.85 bits per heavy atom. The van der Waals surface area contributed by atoms with Crippen LogP contribution in [0.15, 0.2) is 12.3 Å². The molecule has 13 heavy (non-hydrogen) atoms. The van der Waals surface area contributed by atoms with Crippen LogP contribution in [0.4, 0.5) is 0 Å². The second-order valence-electron chi connectivity index (χ2n) is 3.69. The Kier molecular flexibility index (Phi) is 2.13. The lowest BCUT2D eigenvalue weighted by molar-refractivity contribution is 0.112. The van der Waals surface area contributed by atoms with E-state index in [1.165, 1.54) is 24.8 Å². The van der Waals surface area contributed by atoms with Gasteiger partial charge >= 0.3 is 0 Å². The van der Waals surface area contributed by atoms with Crippen molar-refractivity contribution in [1.82, 2.24) is 4.98 Å². The number of aryl methyl sites for hydroxylation is 1. The van der Waals surface area contributed by atoms with Crippen LogP contribution in [0.25, 0.3) is 0 Å². The molecule has 1 aliphatic rings. The second-order valence-corrected chi connectivity index (χ2v) is 3.69. The first-order valence-corrected chi connectivity index (χ1v) is 4.73. The summed E-state index contributed by atoms with van der Waals surface area (Å²) in [5, 5.41) is 0. The third-order valence-corrected chi connectivity index (χ3v) is 2.85. The van der Waals surface area contributed by atoms with E-state index in [9.17, 15) is 4.79 Å². The van der Waals surface area contributed by atoms with Gasteiger partial charge < -0.3 is 0 Å². The monoisotopic (exact) mass is 175 g/mol. The lowest BCUT2D eigenvalue weighted by Crippen LogP contribution is -2.10. The standard InChI is InChI=1S/C11H13NO/c1-8-11(7-13)5-10(6-12-8)9-3-2-4-9/h5-7,9H,2-4H2,1H3. The van der Waals surface area contributed by atoms with E-state index in [1.54, 1.807) is 0 Å². The number of hydrogen-bond donors (Lipinski definition) is 0. The third kappa shape index (κ3) is 1.48. The fourth-order valence-corrected chi connectivity index (χ4v) is 1.65. The number of aldehydes is 1. The Morgan fingerprint density at radius 2 is 2.31 bits per heavy atom. The lowest BCUT2D eigenvalue weighted by Gasteiger charge is -2.25. The van der Waals surface area contributed by atoms with Crippen LogP contribution in [0, 0.1) is 6.92 Å². The first-order valence-electron chi connectivity index (χ1n) is 4.73. The highest BCUT2D eigenvalue weighted by Crippen LogP contribution is 2.36. The number of hydrogen-bond acceptors (Lipinski definition) is 2. The fraction of sp³-hybridized carbons (Fsp3) is 0.455. The van der Waals surface area contributed by atoms with Gasteiger partial charge in [-0.1, -0.05) is 6.42 Å². The molecule has 2 nitrogen and oxygen atoms in total. The maximum absolute atomic E-state index is 10.7. The van der Waals surface area contributed by atoms with Crippen LogP contribution in [-0.4, -0.2) is 11.3 Å². The Labute approximate surface area is 78.0 Å². The molecule has 0 aliphatic heterocycles. The van der Waals surface area contributed by atoms with Crippen molar-refractivity contribution < 1.29 is 4.79 Å². The molecule has 1 heterocycles. The molecule has 0 amide bonds. The minimum Gasteiger partial charge on any atom is -0.298 e. The molecule has 0 atom stereocenters. The molecular weight excluding hydrogens is 162 g/mol. The first kappa shape index (κ1) is 8.42. The topological polar surface area (TPSA) is 30.0 Å². The predicted octanol–water partition coefficient (Wildman–Crippen LogP) is 2.47. The molecule has 0 aromatic carbocycles. The van der Waals surface area contributed by atoms with Crippen LogP contribution in [0.1, 0.15) is 46.8 Å². The van der Waals surface area contributed by atoms with E-state index >= 15 is 0 Å².